The van der Waals surface area contributed by atoms with Gasteiger partial charge in [-0.2, -0.15) is 13.2 Å². The van der Waals surface area contributed by atoms with E-state index in [2.05, 4.69) is 21.2 Å². The van der Waals surface area contributed by atoms with Crippen molar-refractivity contribution in [2.75, 3.05) is 6.54 Å². The van der Waals surface area contributed by atoms with Crippen molar-refractivity contribution in [1.29, 1.82) is 0 Å². The fourth-order valence-electron chi connectivity index (χ4n) is 0.817. The normalized spacial score (nSPS) is 13.8. The van der Waals surface area contributed by atoms with Gasteiger partial charge >= 0.3 is 6.18 Å². The number of hydrogen-bond donors (Lipinski definition) is 1. The second-order valence-electron chi connectivity index (χ2n) is 2.94. The molecule has 1 N–H and O–H groups in total. The first kappa shape index (κ1) is 13.7. The molecule has 0 aliphatic carbocycles. The number of carbonyl (C=O) groups is 1. The Kier molecular flexibility index (Phi) is 6.15. The number of rotatable bonds is 5. The van der Waals surface area contributed by atoms with Crippen molar-refractivity contribution >= 4 is 21.8 Å². The molecule has 2 nitrogen and oxygen atoms in total. The summed E-state index contributed by atoms with van der Waals surface area (Å²) in [5.41, 5.74) is 0. The summed E-state index contributed by atoms with van der Waals surface area (Å²) in [4.78, 5) is 10.9. The zero-order chi connectivity index (χ0) is 11.2. The third-order valence-electron chi connectivity index (χ3n) is 1.58. The molecule has 84 valence electrons. The van der Waals surface area contributed by atoms with E-state index in [1.54, 1.807) is 0 Å². The van der Waals surface area contributed by atoms with Crippen LogP contribution in [0.15, 0.2) is 0 Å². The van der Waals surface area contributed by atoms with Crippen LogP contribution in [0.3, 0.4) is 0 Å². The van der Waals surface area contributed by atoms with Gasteiger partial charge in [0.2, 0.25) is 5.91 Å². The molecule has 0 aromatic carbocycles. The monoisotopic (exact) mass is 275 g/mol. The zero-order valence-corrected chi connectivity index (χ0v) is 9.41. The summed E-state index contributed by atoms with van der Waals surface area (Å²) >= 11 is 3.31. The molecule has 0 aromatic heterocycles. The third kappa shape index (κ3) is 8.34. The van der Waals surface area contributed by atoms with Crippen LogP contribution < -0.4 is 5.32 Å². The minimum absolute atomic E-state index is 0.244. The summed E-state index contributed by atoms with van der Waals surface area (Å²) in [5, 5.41) is 2.22. The molecule has 1 unspecified atom stereocenters. The quantitative estimate of drug-likeness (QED) is 0.768. The molecule has 0 bridgehead atoms. The lowest BCUT2D eigenvalue weighted by molar-refractivity contribution is -0.153. The Hall–Kier alpha value is -0.260. The summed E-state index contributed by atoms with van der Waals surface area (Å²) in [5.74, 6) is -0.965. The molecule has 0 fully saturated rings. The molecule has 0 aliphatic rings. The Morgan fingerprint density at radius 1 is 1.50 bits per heavy atom. The molecule has 1 amide bonds. The van der Waals surface area contributed by atoms with Crippen LogP contribution >= 0.6 is 15.9 Å². The number of hydrogen-bond acceptors (Lipinski definition) is 1. The Morgan fingerprint density at radius 3 is 2.50 bits per heavy atom. The maximum Gasteiger partial charge on any atom is 0.397 e. The molecular weight excluding hydrogens is 263 g/mol. The number of amides is 1. The van der Waals surface area contributed by atoms with Gasteiger partial charge in [-0.15, -0.1) is 0 Å². The predicted molar refractivity (Wildman–Crippen MR) is 51.3 cm³/mol. The van der Waals surface area contributed by atoms with Gasteiger partial charge in [-0.1, -0.05) is 22.9 Å². The van der Waals surface area contributed by atoms with Crippen molar-refractivity contribution in [2.45, 2.75) is 37.2 Å². The summed E-state index contributed by atoms with van der Waals surface area (Å²) in [6, 6.07) is 0. The maximum atomic E-state index is 11.7. The first-order valence-corrected chi connectivity index (χ1v) is 5.24. The average Bonchev–Trinajstić information content (AvgIpc) is 2.00. The fraction of sp³-hybridized carbons (Fsp3) is 0.875. The SMILES string of the molecule is CCC(Br)CCNC(=O)CC(F)(F)F. The summed E-state index contributed by atoms with van der Waals surface area (Å²) in [6.45, 7) is 2.23. The van der Waals surface area contributed by atoms with Crippen LogP contribution in [0.5, 0.6) is 0 Å². The zero-order valence-electron chi connectivity index (χ0n) is 7.83. The van der Waals surface area contributed by atoms with E-state index >= 15 is 0 Å². The molecule has 14 heavy (non-hydrogen) atoms. The lowest BCUT2D eigenvalue weighted by Crippen LogP contribution is -2.30. The minimum Gasteiger partial charge on any atom is -0.356 e. The van der Waals surface area contributed by atoms with Gasteiger partial charge in [-0.3, -0.25) is 4.79 Å². The highest BCUT2D eigenvalue weighted by molar-refractivity contribution is 9.09. The third-order valence-corrected chi connectivity index (χ3v) is 2.69. The second kappa shape index (κ2) is 6.27. The van der Waals surface area contributed by atoms with E-state index in [0.29, 0.717) is 6.42 Å². The number of halogens is 4. The van der Waals surface area contributed by atoms with E-state index in [9.17, 15) is 18.0 Å². The van der Waals surface area contributed by atoms with E-state index in [4.69, 9.17) is 0 Å². The standard InChI is InChI=1S/C8H13BrF3NO/c1-2-6(9)3-4-13-7(14)5-8(10,11)12/h6H,2-5H2,1H3,(H,13,14). The highest BCUT2D eigenvalue weighted by Crippen LogP contribution is 2.18. The van der Waals surface area contributed by atoms with E-state index in [0.717, 1.165) is 6.42 Å². The molecule has 0 saturated carbocycles. The van der Waals surface area contributed by atoms with E-state index in [1.165, 1.54) is 0 Å². The van der Waals surface area contributed by atoms with Crippen LogP contribution in [0.2, 0.25) is 0 Å². The van der Waals surface area contributed by atoms with Crippen molar-refractivity contribution in [2.24, 2.45) is 0 Å². The van der Waals surface area contributed by atoms with Gasteiger partial charge in [-0.25, -0.2) is 0 Å². The molecule has 0 rings (SSSR count). The molecule has 1 atom stereocenters. The van der Waals surface area contributed by atoms with E-state index < -0.39 is 18.5 Å². The van der Waals surface area contributed by atoms with Crippen LogP contribution in [0.4, 0.5) is 13.2 Å². The van der Waals surface area contributed by atoms with Gasteiger partial charge in [0.15, 0.2) is 0 Å². The number of carbonyl (C=O) groups excluding carboxylic acids is 1. The van der Waals surface area contributed by atoms with Gasteiger partial charge in [0, 0.05) is 11.4 Å². The fourth-order valence-corrected chi connectivity index (χ4v) is 1.05. The summed E-state index contributed by atoms with van der Waals surface area (Å²) in [6.07, 6.45) is -4.29. The Balaban J connectivity index is 3.55. The molecule has 0 saturated heterocycles. The smallest absolute Gasteiger partial charge is 0.356 e. The van der Waals surface area contributed by atoms with Gasteiger partial charge < -0.3 is 5.32 Å². The summed E-state index contributed by atoms with van der Waals surface area (Å²) in [7, 11) is 0. The minimum atomic E-state index is -4.41. The first-order valence-electron chi connectivity index (χ1n) is 4.32. The van der Waals surface area contributed by atoms with Gasteiger partial charge in [0.05, 0.1) is 0 Å². The Labute approximate surface area is 89.4 Å². The van der Waals surface area contributed by atoms with Crippen molar-refractivity contribution in [3.8, 4) is 0 Å². The lowest BCUT2D eigenvalue weighted by Gasteiger charge is -2.09. The average molecular weight is 276 g/mol. The maximum absolute atomic E-state index is 11.7. The van der Waals surface area contributed by atoms with Crippen LogP contribution in [-0.2, 0) is 4.79 Å². The molecule has 0 aromatic rings. The van der Waals surface area contributed by atoms with Crippen molar-refractivity contribution in [3.63, 3.8) is 0 Å². The molecule has 0 spiro atoms. The number of nitrogens with one attached hydrogen (secondary N) is 1. The molecule has 0 aliphatic heterocycles. The Morgan fingerprint density at radius 2 is 2.07 bits per heavy atom. The van der Waals surface area contributed by atoms with E-state index in [1.807, 2.05) is 6.92 Å². The lowest BCUT2D eigenvalue weighted by atomic mass is 10.2. The molecule has 0 heterocycles. The van der Waals surface area contributed by atoms with Crippen LogP contribution in [0, 0.1) is 0 Å². The highest BCUT2D eigenvalue weighted by atomic mass is 79.9. The van der Waals surface area contributed by atoms with Gasteiger partial charge in [0.1, 0.15) is 6.42 Å². The van der Waals surface area contributed by atoms with Crippen LogP contribution in [-0.4, -0.2) is 23.5 Å². The Bertz CT molecular complexity index is 184. The van der Waals surface area contributed by atoms with Crippen LogP contribution in [0.25, 0.3) is 0 Å². The van der Waals surface area contributed by atoms with Crippen LogP contribution in [0.1, 0.15) is 26.2 Å². The van der Waals surface area contributed by atoms with Crippen molar-refractivity contribution in [1.82, 2.24) is 5.32 Å². The second-order valence-corrected chi connectivity index (χ2v) is 4.23. The van der Waals surface area contributed by atoms with Gasteiger partial charge in [0.25, 0.3) is 0 Å². The molecule has 6 heteroatoms. The predicted octanol–water partition coefficient (Wildman–Crippen LogP) is 2.62. The van der Waals surface area contributed by atoms with Crippen molar-refractivity contribution < 1.29 is 18.0 Å². The largest absolute Gasteiger partial charge is 0.397 e. The van der Waals surface area contributed by atoms with E-state index in [-0.39, 0.29) is 11.4 Å². The molecule has 0 radical (unpaired) electrons. The number of alkyl halides is 4. The molecular formula is C8H13BrF3NO. The van der Waals surface area contributed by atoms with Gasteiger partial charge in [-0.05, 0) is 12.8 Å². The highest BCUT2D eigenvalue weighted by Gasteiger charge is 2.30. The first-order chi connectivity index (χ1) is 6.35. The topological polar surface area (TPSA) is 29.1 Å². The van der Waals surface area contributed by atoms with Crippen molar-refractivity contribution in [3.05, 3.63) is 0 Å². The summed E-state index contributed by atoms with van der Waals surface area (Å²) < 4.78 is 35.1.